The highest BCUT2D eigenvalue weighted by Gasteiger charge is 2.39. The van der Waals surface area contributed by atoms with Gasteiger partial charge in [0.05, 0.1) is 30.8 Å². The van der Waals surface area contributed by atoms with Gasteiger partial charge < -0.3 is 34.0 Å². The number of alkyl halides is 3. The number of methoxy groups -OCH3 is 2. The van der Waals surface area contributed by atoms with Gasteiger partial charge >= 0.3 is 12.2 Å². The van der Waals surface area contributed by atoms with E-state index in [0.29, 0.717) is 30.9 Å². The van der Waals surface area contributed by atoms with E-state index >= 15 is 17.6 Å². The third kappa shape index (κ3) is 8.84. The van der Waals surface area contributed by atoms with Crippen LogP contribution in [0.2, 0.25) is 0 Å². The van der Waals surface area contributed by atoms with Crippen molar-refractivity contribution in [2.45, 2.75) is 70.4 Å². The third-order valence-corrected chi connectivity index (χ3v) is 10.8. The number of anilines is 2. The molecule has 2 aliphatic rings. The first-order valence-corrected chi connectivity index (χ1v) is 19.0. The molecule has 5 aromatic rings. The number of halogens is 4. The average Bonchev–Trinajstić information content (AvgIpc) is 3.60. The van der Waals surface area contributed by atoms with Gasteiger partial charge in [-0.25, -0.2) is 9.37 Å². The topological polar surface area (TPSA) is 109 Å². The second kappa shape index (κ2) is 16.3. The van der Waals surface area contributed by atoms with E-state index in [9.17, 15) is 5.11 Å². The number of benzene rings is 2. The summed E-state index contributed by atoms with van der Waals surface area (Å²) >= 11 is 0. The van der Waals surface area contributed by atoms with Gasteiger partial charge in [0.2, 0.25) is 0 Å². The molecule has 15 heteroatoms. The first-order chi connectivity index (χ1) is 27.2. The minimum Gasteiger partial charge on any atom is -0.497 e. The van der Waals surface area contributed by atoms with Crippen molar-refractivity contribution in [3.63, 3.8) is 0 Å². The molecule has 0 saturated carbocycles. The van der Waals surface area contributed by atoms with Crippen LogP contribution in [-0.2, 0) is 19.3 Å². The highest BCUT2D eigenvalue weighted by atomic mass is 19.4. The second-order valence-electron chi connectivity index (χ2n) is 15.2. The zero-order chi connectivity index (χ0) is 40.5. The van der Waals surface area contributed by atoms with E-state index in [1.807, 2.05) is 41.1 Å². The Balaban J connectivity index is 1.36. The number of rotatable bonds is 12. The van der Waals surface area contributed by atoms with Gasteiger partial charge in [-0.15, -0.1) is 0 Å². The number of likely N-dealkylation sites (tertiary alicyclic amines) is 1. The van der Waals surface area contributed by atoms with Crippen molar-refractivity contribution < 1.29 is 36.9 Å². The molecule has 0 unspecified atom stereocenters. The molecule has 7 rings (SSSR count). The molecule has 2 fully saturated rings. The van der Waals surface area contributed by atoms with Gasteiger partial charge in [0.1, 0.15) is 46.6 Å². The smallest absolute Gasteiger partial charge is 0.418 e. The number of aliphatic hydroxyl groups is 1. The lowest BCUT2D eigenvalue weighted by atomic mass is 9.95. The van der Waals surface area contributed by atoms with E-state index in [1.165, 1.54) is 19.2 Å². The molecule has 3 aromatic heterocycles. The number of β-amino-alcohol motifs (C(OH)–C–C–N with tert-alkyl or cyclic N) is 1. The zero-order valence-electron chi connectivity index (χ0n) is 32.7. The fraction of sp³-hybridized carbons (Fsp3) is 0.429. The highest BCUT2D eigenvalue weighted by Crippen LogP contribution is 2.42. The Hall–Kier alpha value is -5.28. The van der Waals surface area contributed by atoms with Crippen LogP contribution >= 0.6 is 0 Å². The maximum absolute atomic E-state index is 17.2. The van der Waals surface area contributed by atoms with E-state index in [2.05, 4.69) is 24.8 Å². The third-order valence-electron chi connectivity index (χ3n) is 10.8. The molecule has 5 heterocycles. The number of aryl methyl sites for hydroxylation is 1. The van der Waals surface area contributed by atoms with Crippen molar-refractivity contribution in [1.29, 1.82) is 0 Å². The van der Waals surface area contributed by atoms with Crippen molar-refractivity contribution in [3.8, 4) is 28.9 Å². The van der Waals surface area contributed by atoms with Crippen molar-refractivity contribution in [1.82, 2.24) is 24.8 Å². The van der Waals surface area contributed by atoms with Crippen molar-refractivity contribution in [3.05, 3.63) is 88.9 Å². The summed E-state index contributed by atoms with van der Waals surface area (Å²) in [6.07, 6.45) is -0.491. The maximum atomic E-state index is 17.2. The first kappa shape index (κ1) is 39.9. The molecule has 2 aliphatic heterocycles. The second-order valence-corrected chi connectivity index (χ2v) is 15.2. The van der Waals surface area contributed by atoms with Gasteiger partial charge in [-0.2, -0.15) is 23.1 Å². The fourth-order valence-electron chi connectivity index (χ4n) is 7.72. The molecule has 0 radical (unpaired) electrons. The predicted octanol–water partition coefficient (Wildman–Crippen LogP) is 7.60. The summed E-state index contributed by atoms with van der Waals surface area (Å²) < 4.78 is 79.0. The van der Waals surface area contributed by atoms with Gasteiger partial charge in [0.15, 0.2) is 5.82 Å². The van der Waals surface area contributed by atoms with E-state index < -0.39 is 34.5 Å². The van der Waals surface area contributed by atoms with E-state index in [0.717, 1.165) is 30.5 Å². The summed E-state index contributed by atoms with van der Waals surface area (Å²) in [5.41, 5.74) is -2.13. The number of piperidine rings is 1. The molecular weight excluding hydrogens is 742 g/mol. The Morgan fingerprint density at radius 2 is 1.56 bits per heavy atom. The number of fused-ring (bicyclic) bond motifs is 1. The van der Waals surface area contributed by atoms with E-state index in [1.54, 1.807) is 45.4 Å². The molecule has 1 N–H and O–H groups in total. The largest absolute Gasteiger partial charge is 0.497 e. The van der Waals surface area contributed by atoms with Crippen molar-refractivity contribution in [2.24, 2.45) is 0 Å². The Morgan fingerprint density at radius 1 is 0.912 bits per heavy atom. The van der Waals surface area contributed by atoms with Crippen LogP contribution in [-0.4, -0.2) is 89.1 Å². The average molecular weight is 790 g/mol. The highest BCUT2D eigenvalue weighted by molar-refractivity contribution is 5.92. The van der Waals surface area contributed by atoms with Gasteiger partial charge in [0.25, 0.3) is 0 Å². The molecule has 2 aromatic carbocycles. The fourth-order valence-corrected chi connectivity index (χ4v) is 7.72. The van der Waals surface area contributed by atoms with Crippen LogP contribution in [0, 0.1) is 12.7 Å². The maximum Gasteiger partial charge on any atom is 0.418 e. The zero-order valence-corrected chi connectivity index (χ0v) is 32.7. The summed E-state index contributed by atoms with van der Waals surface area (Å²) in [6, 6.07) is 16.0. The molecule has 2 atom stereocenters. The number of ether oxygens (including phenoxy) is 3. The lowest BCUT2D eigenvalue weighted by Gasteiger charge is -2.37. The molecule has 2 saturated heterocycles. The minimum atomic E-state index is -4.90. The number of pyridine rings is 2. The normalized spacial score (nSPS) is 18.9. The van der Waals surface area contributed by atoms with Crippen LogP contribution < -0.4 is 24.0 Å². The van der Waals surface area contributed by atoms with Crippen LogP contribution in [0.1, 0.15) is 54.9 Å². The lowest BCUT2D eigenvalue weighted by molar-refractivity contribution is -0.137. The molecule has 0 amide bonds. The lowest BCUT2D eigenvalue weighted by Crippen LogP contribution is -2.46. The Kier molecular flexibility index (Phi) is 11.4. The van der Waals surface area contributed by atoms with Gasteiger partial charge in [-0.1, -0.05) is 24.3 Å². The molecule has 57 heavy (non-hydrogen) atoms. The molecule has 302 valence electrons. The van der Waals surface area contributed by atoms with Gasteiger partial charge in [-0.3, -0.25) is 4.98 Å². The monoisotopic (exact) mass is 789 g/mol. The van der Waals surface area contributed by atoms with Crippen LogP contribution in [0.25, 0.3) is 22.3 Å². The summed E-state index contributed by atoms with van der Waals surface area (Å²) in [5.74, 6) is 0.690. The summed E-state index contributed by atoms with van der Waals surface area (Å²) in [6.45, 7) is 5.44. The number of nitrogens with zero attached hydrogens (tertiary/aromatic N) is 7. The number of aromatic nitrogens is 4. The SMILES string of the molecule is COc1ccc(CN(Cc2ccc(OC)cc2)c2cc(C)c(C(F)(F)F)c(-c3ncc4c(N5CCC[C@@](C)(O)C5)nc(OC[C@@H]5CCCN5C)nc4c3F)n2)cc1. The molecule has 0 aliphatic carbocycles. The van der Waals surface area contributed by atoms with Gasteiger partial charge in [0, 0.05) is 38.4 Å². The molecule has 0 bridgehead atoms. The van der Waals surface area contributed by atoms with Crippen LogP contribution in [0.5, 0.6) is 17.5 Å². The molecule has 0 spiro atoms. The molecule has 11 nitrogen and oxygen atoms in total. The Labute approximate surface area is 329 Å². The minimum absolute atomic E-state index is 0.101. The quantitative estimate of drug-likeness (QED) is 0.126. The summed E-state index contributed by atoms with van der Waals surface area (Å²) in [4.78, 5) is 23.9. The van der Waals surface area contributed by atoms with E-state index in [4.69, 9.17) is 14.2 Å². The molecular formula is C42H47F4N7O4. The number of hydrogen-bond donors (Lipinski definition) is 1. The van der Waals surface area contributed by atoms with Gasteiger partial charge in [-0.05, 0) is 100 Å². The Bertz CT molecular complexity index is 2150. The van der Waals surface area contributed by atoms with Crippen molar-refractivity contribution in [2.75, 3.05) is 57.3 Å². The van der Waals surface area contributed by atoms with E-state index in [-0.39, 0.29) is 66.4 Å². The van der Waals surface area contributed by atoms with Crippen LogP contribution in [0.4, 0.5) is 29.2 Å². The van der Waals surface area contributed by atoms with Crippen LogP contribution in [0.15, 0.2) is 60.8 Å². The Morgan fingerprint density at radius 3 is 2.12 bits per heavy atom. The van der Waals surface area contributed by atoms with Crippen LogP contribution in [0.3, 0.4) is 0 Å². The standard InChI is InChI=1S/C42H47F4N7O4/c1-26-20-33(53(22-27-9-13-30(55-4)14-10-27)23-28-11-15-31(56-5)16-12-28)48-37(34(26)42(44,45)46)38-35(43)36-32(21-47-38)39(52-19-7-17-41(2,54)25-52)50-40(49-36)57-24-29-8-6-18-51(29)3/h9-16,20-21,29,54H,6-8,17-19,22-25H2,1-5H3/t29-,41+/m0/s1. The predicted molar refractivity (Wildman–Crippen MR) is 209 cm³/mol. The summed E-state index contributed by atoms with van der Waals surface area (Å²) in [7, 11) is 5.13. The summed E-state index contributed by atoms with van der Waals surface area (Å²) in [5, 5.41) is 11.1. The first-order valence-electron chi connectivity index (χ1n) is 19.0. The number of likely N-dealkylation sites (N-methyl/N-ethyl adjacent to an activating group) is 1. The number of hydrogen-bond acceptors (Lipinski definition) is 11. The van der Waals surface area contributed by atoms with Crippen molar-refractivity contribution >= 4 is 22.5 Å².